The van der Waals surface area contributed by atoms with Crippen LogP contribution < -0.4 is 5.73 Å². The number of carbonyl (C=O) groups excluding carboxylic acids is 2. The van der Waals surface area contributed by atoms with E-state index >= 15 is 0 Å². The molecule has 0 aliphatic rings. The first-order valence-electron chi connectivity index (χ1n) is 5.01. The van der Waals surface area contributed by atoms with Gasteiger partial charge in [0.1, 0.15) is 6.29 Å². The standard InChI is InChI=1S/C13H10N2O2/c14-13(17)12-5-11(6-15-7-12)10-3-1-2-9(4-10)8-16/h1-8H,(H2,14,17). The Hall–Kier alpha value is -2.49. The van der Waals surface area contributed by atoms with Crippen LogP contribution in [0.25, 0.3) is 11.1 Å². The van der Waals surface area contributed by atoms with Crippen molar-refractivity contribution in [2.45, 2.75) is 0 Å². The molecule has 17 heavy (non-hydrogen) atoms. The number of carbonyl (C=O) groups is 2. The molecule has 0 bridgehead atoms. The van der Waals surface area contributed by atoms with Crippen LogP contribution in [-0.2, 0) is 0 Å². The molecule has 1 aromatic heterocycles. The number of amides is 1. The van der Waals surface area contributed by atoms with Crippen LogP contribution in [0.2, 0.25) is 0 Å². The highest BCUT2D eigenvalue weighted by Gasteiger charge is 2.04. The summed E-state index contributed by atoms with van der Waals surface area (Å²) in [4.78, 5) is 25.7. The number of benzene rings is 1. The predicted molar refractivity (Wildman–Crippen MR) is 63.6 cm³/mol. The third-order valence-electron chi connectivity index (χ3n) is 2.38. The Labute approximate surface area is 98.1 Å². The lowest BCUT2D eigenvalue weighted by atomic mass is 10.0. The van der Waals surface area contributed by atoms with Gasteiger partial charge in [0.25, 0.3) is 0 Å². The summed E-state index contributed by atoms with van der Waals surface area (Å²) in [5, 5.41) is 0. The number of hydrogen-bond acceptors (Lipinski definition) is 3. The molecule has 0 aliphatic heterocycles. The van der Waals surface area contributed by atoms with Gasteiger partial charge in [0.05, 0.1) is 5.56 Å². The van der Waals surface area contributed by atoms with Crippen LogP contribution in [-0.4, -0.2) is 17.2 Å². The van der Waals surface area contributed by atoms with Crippen molar-refractivity contribution in [1.29, 1.82) is 0 Å². The van der Waals surface area contributed by atoms with Gasteiger partial charge in [0.15, 0.2) is 0 Å². The molecule has 2 N–H and O–H groups in total. The quantitative estimate of drug-likeness (QED) is 0.809. The van der Waals surface area contributed by atoms with E-state index in [2.05, 4.69) is 4.98 Å². The molecule has 4 nitrogen and oxygen atoms in total. The average Bonchev–Trinajstić information content (AvgIpc) is 2.39. The summed E-state index contributed by atoms with van der Waals surface area (Å²) in [6.45, 7) is 0. The van der Waals surface area contributed by atoms with Gasteiger partial charge < -0.3 is 5.73 Å². The predicted octanol–water partition coefficient (Wildman–Crippen LogP) is 1.66. The van der Waals surface area contributed by atoms with Crippen molar-refractivity contribution >= 4 is 12.2 Å². The Morgan fingerprint density at radius 2 is 2.00 bits per heavy atom. The maximum absolute atomic E-state index is 11.0. The zero-order valence-electron chi connectivity index (χ0n) is 8.96. The van der Waals surface area contributed by atoms with Crippen LogP contribution in [0, 0.1) is 0 Å². The third-order valence-corrected chi connectivity index (χ3v) is 2.38. The van der Waals surface area contributed by atoms with Crippen LogP contribution >= 0.6 is 0 Å². The molecule has 0 spiro atoms. The Morgan fingerprint density at radius 1 is 1.18 bits per heavy atom. The van der Waals surface area contributed by atoms with Crippen molar-refractivity contribution in [2.75, 3.05) is 0 Å². The van der Waals surface area contributed by atoms with E-state index in [1.165, 1.54) is 6.20 Å². The molecule has 0 aliphatic carbocycles. The van der Waals surface area contributed by atoms with Gasteiger partial charge in [-0.25, -0.2) is 0 Å². The van der Waals surface area contributed by atoms with Crippen LogP contribution in [0.15, 0.2) is 42.7 Å². The van der Waals surface area contributed by atoms with E-state index in [4.69, 9.17) is 5.73 Å². The fourth-order valence-electron chi connectivity index (χ4n) is 1.52. The Morgan fingerprint density at radius 3 is 2.71 bits per heavy atom. The van der Waals surface area contributed by atoms with Gasteiger partial charge in [0.2, 0.25) is 5.91 Å². The fourth-order valence-corrected chi connectivity index (χ4v) is 1.52. The van der Waals surface area contributed by atoms with E-state index in [1.54, 1.807) is 30.5 Å². The third kappa shape index (κ3) is 2.36. The number of aldehydes is 1. The van der Waals surface area contributed by atoms with Crippen molar-refractivity contribution in [3.05, 3.63) is 53.9 Å². The van der Waals surface area contributed by atoms with E-state index in [0.717, 1.165) is 17.4 Å². The van der Waals surface area contributed by atoms with Crippen LogP contribution in [0.3, 0.4) is 0 Å². The van der Waals surface area contributed by atoms with Gasteiger partial charge in [-0.1, -0.05) is 18.2 Å². The van der Waals surface area contributed by atoms with Gasteiger partial charge in [-0.05, 0) is 17.7 Å². The second kappa shape index (κ2) is 4.57. The second-order valence-electron chi connectivity index (χ2n) is 3.57. The first-order valence-corrected chi connectivity index (χ1v) is 5.01. The van der Waals surface area contributed by atoms with Gasteiger partial charge in [-0.2, -0.15) is 0 Å². The topological polar surface area (TPSA) is 73.1 Å². The van der Waals surface area contributed by atoms with E-state index in [0.29, 0.717) is 11.1 Å². The molecule has 1 amide bonds. The van der Waals surface area contributed by atoms with E-state index in [-0.39, 0.29) is 0 Å². The number of nitrogens with two attached hydrogens (primary N) is 1. The summed E-state index contributed by atoms with van der Waals surface area (Å²) in [6, 6.07) is 8.71. The van der Waals surface area contributed by atoms with Crippen LogP contribution in [0.4, 0.5) is 0 Å². The number of primary amides is 1. The second-order valence-corrected chi connectivity index (χ2v) is 3.57. The van der Waals surface area contributed by atoms with Crippen LogP contribution in [0.5, 0.6) is 0 Å². The molecular formula is C13H10N2O2. The maximum Gasteiger partial charge on any atom is 0.250 e. The maximum atomic E-state index is 11.0. The monoisotopic (exact) mass is 226 g/mol. The summed E-state index contributed by atoms with van der Waals surface area (Å²) in [7, 11) is 0. The fraction of sp³-hybridized carbons (Fsp3) is 0. The average molecular weight is 226 g/mol. The lowest BCUT2D eigenvalue weighted by Crippen LogP contribution is -2.11. The lowest BCUT2D eigenvalue weighted by molar-refractivity contribution is 0.0999. The highest BCUT2D eigenvalue weighted by atomic mass is 16.1. The largest absolute Gasteiger partial charge is 0.366 e. The van der Waals surface area contributed by atoms with E-state index in [9.17, 15) is 9.59 Å². The lowest BCUT2D eigenvalue weighted by Gasteiger charge is -2.03. The molecule has 0 atom stereocenters. The number of nitrogens with zero attached hydrogens (tertiary/aromatic N) is 1. The molecule has 0 unspecified atom stereocenters. The molecule has 0 fully saturated rings. The smallest absolute Gasteiger partial charge is 0.250 e. The van der Waals surface area contributed by atoms with E-state index in [1.807, 2.05) is 6.07 Å². The highest BCUT2D eigenvalue weighted by molar-refractivity contribution is 5.93. The van der Waals surface area contributed by atoms with Crippen molar-refractivity contribution in [2.24, 2.45) is 5.73 Å². The minimum absolute atomic E-state index is 0.346. The van der Waals surface area contributed by atoms with Crippen molar-refractivity contribution < 1.29 is 9.59 Å². The van der Waals surface area contributed by atoms with Crippen LogP contribution in [0.1, 0.15) is 20.7 Å². The summed E-state index contributed by atoms with van der Waals surface area (Å²) in [5.41, 5.74) is 7.68. The Kier molecular flexibility index (Phi) is 2.96. The summed E-state index contributed by atoms with van der Waals surface area (Å²) in [6.07, 6.45) is 3.81. The normalized spacial score (nSPS) is 9.88. The van der Waals surface area contributed by atoms with Gasteiger partial charge in [-0.15, -0.1) is 0 Å². The molecule has 0 saturated heterocycles. The molecule has 0 saturated carbocycles. The number of rotatable bonds is 3. The van der Waals surface area contributed by atoms with E-state index < -0.39 is 5.91 Å². The Bertz CT molecular complexity index is 579. The minimum Gasteiger partial charge on any atom is -0.366 e. The van der Waals surface area contributed by atoms with Gasteiger partial charge in [-0.3, -0.25) is 14.6 Å². The number of pyridine rings is 1. The summed E-state index contributed by atoms with van der Waals surface area (Å²) in [5.74, 6) is -0.522. The first kappa shape index (κ1) is 11.0. The van der Waals surface area contributed by atoms with Crippen molar-refractivity contribution in [3.8, 4) is 11.1 Å². The Balaban J connectivity index is 2.48. The zero-order valence-corrected chi connectivity index (χ0v) is 8.96. The molecule has 2 aromatic rings. The molecule has 1 aromatic carbocycles. The summed E-state index contributed by atoms with van der Waals surface area (Å²) < 4.78 is 0. The molecule has 4 heteroatoms. The number of aromatic nitrogens is 1. The zero-order chi connectivity index (χ0) is 12.3. The van der Waals surface area contributed by atoms with Crippen molar-refractivity contribution in [1.82, 2.24) is 4.98 Å². The minimum atomic E-state index is -0.522. The molecule has 0 radical (unpaired) electrons. The molecular weight excluding hydrogens is 216 g/mol. The highest BCUT2D eigenvalue weighted by Crippen LogP contribution is 2.19. The van der Waals surface area contributed by atoms with Gasteiger partial charge >= 0.3 is 0 Å². The molecule has 84 valence electrons. The number of hydrogen-bond donors (Lipinski definition) is 1. The van der Waals surface area contributed by atoms with Crippen molar-refractivity contribution in [3.63, 3.8) is 0 Å². The first-order chi connectivity index (χ1) is 8.20. The molecule has 2 rings (SSSR count). The van der Waals surface area contributed by atoms with Gasteiger partial charge in [0, 0.05) is 23.5 Å². The SMILES string of the molecule is NC(=O)c1cncc(-c2cccc(C=O)c2)c1. The molecule has 1 heterocycles. The summed E-state index contributed by atoms with van der Waals surface area (Å²) >= 11 is 0.